The second-order valence-electron chi connectivity index (χ2n) is 6.37. The quantitative estimate of drug-likeness (QED) is 0.797. The highest BCUT2D eigenvalue weighted by Gasteiger charge is 2.35. The number of carbonyl (C=O) groups is 1. The van der Waals surface area contributed by atoms with Crippen molar-refractivity contribution in [3.63, 3.8) is 0 Å². The van der Waals surface area contributed by atoms with Crippen LogP contribution >= 0.6 is 0 Å². The third kappa shape index (κ3) is 4.49. The van der Waals surface area contributed by atoms with E-state index in [0.29, 0.717) is 23.4 Å². The van der Waals surface area contributed by atoms with Crippen LogP contribution in [0.1, 0.15) is 12.0 Å². The van der Waals surface area contributed by atoms with Crippen molar-refractivity contribution in [1.82, 2.24) is 8.61 Å². The molecule has 28 heavy (non-hydrogen) atoms. The summed E-state index contributed by atoms with van der Waals surface area (Å²) in [5.41, 5.74) is 0.763. The third-order valence-electron chi connectivity index (χ3n) is 4.47. The van der Waals surface area contributed by atoms with Gasteiger partial charge < -0.3 is 10.1 Å². The summed E-state index contributed by atoms with van der Waals surface area (Å²) >= 11 is 0. The summed E-state index contributed by atoms with van der Waals surface area (Å²) in [5, 5.41) is 2.67. The van der Waals surface area contributed by atoms with Crippen LogP contribution in [0.3, 0.4) is 0 Å². The first-order valence-corrected chi connectivity index (χ1v) is 10.2. The van der Waals surface area contributed by atoms with Crippen molar-refractivity contribution in [3.8, 4) is 5.75 Å². The van der Waals surface area contributed by atoms with Gasteiger partial charge in [0.25, 0.3) is 10.2 Å². The van der Waals surface area contributed by atoms with E-state index in [1.807, 2.05) is 0 Å². The number of benzene rings is 2. The highest BCUT2D eigenvalue weighted by molar-refractivity contribution is 7.86. The van der Waals surface area contributed by atoms with Gasteiger partial charge in [-0.25, -0.2) is 4.39 Å². The number of anilines is 1. The highest BCUT2D eigenvalue weighted by Crippen LogP contribution is 2.24. The summed E-state index contributed by atoms with van der Waals surface area (Å²) in [6.45, 7) is 0.116. The van der Waals surface area contributed by atoms with E-state index in [4.69, 9.17) is 4.74 Å². The smallest absolute Gasteiger partial charge is 0.282 e. The Balaban J connectivity index is 1.70. The molecule has 0 aromatic heterocycles. The van der Waals surface area contributed by atoms with Gasteiger partial charge in [0.1, 0.15) is 11.6 Å². The van der Waals surface area contributed by atoms with Crippen LogP contribution in [0.25, 0.3) is 0 Å². The monoisotopic (exact) mass is 407 g/mol. The second kappa shape index (κ2) is 8.68. The molecule has 7 nitrogen and oxygen atoms in total. The van der Waals surface area contributed by atoms with Gasteiger partial charge in [-0.1, -0.05) is 30.3 Å². The van der Waals surface area contributed by atoms with Gasteiger partial charge in [0.15, 0.2) is 0 Å². The van der Waals surface area contributed by atoms with Crippen LogP contribution in [-0.2, 0) is 21.5 Å². The maximum atomic E-state index is 13.9. The first kappa shape index (κ1) is 20.2. The summed E-state index contributed by atoms with van der Waals surface area (Å²) in [6.07, 6.45) is 0.551. The van der Waals surface area contributed by atoms with Crippen molar-refractivity contribution in [2.24, 2.45) is 0 Å². The van der Waals surface area contributed by atoms with E-state index in [-0.39, 0.29) is 26.2 Å². The predicted octanol–water partition coefficient (Wildman–Crippen LogP) is 2.23. The Kier molecular flexibility index (Phi) is 6.28. The Morgan fingerprint density at radius 3 is 2.54 bits per heavy atom. The van der Waals surface area contributed by atoms with E-state index in [1.165, 1.54) is 17.5 Å². The van der Waals surface area contributed by atoms with Gasteiger partial charge in [-0.15, -0.1) is 0 Å². The number of methoxy groups -OCH3 is 1. The number of hydrogen-bond donors (Lipinski definition) is 1. The number of rotatable bonds is 6. The van der Waals surface area contributed by atoms with Gasteiger partial charge in [-0.2, -0.15) is 17.0 Å². The molecular formula is C19H22FN3O4S. The molecule has 1 aliphatic rings. The minimum atomic E-state index is -3.87. The van der Waals surface area contributed by atoms with Crippen LogP contribution in [0.15, 0.2) is 48.5 Å². The number of amides is 1. The van der Waals surface area contributed by atoms with Crippen molar-refractivity contribution in [2.75, 3.05) is 32.1 Å². The van der Waals surface area contributed by atoms with Crippen molar-refractivity contribution in [2.45, 2.75) is 13.0 Å². The van der Waals surface area contributed by atoms with Crippen molar-refractivity contribution >= 4 is 21.8 Å². The molecule has 1 fully saturated rings. The highest BCUT2D eigenvalue weighted by atomic mass is 32.2. The average molecular weight is 407 g/mol. The van der Waals surface area contributed by atoms with Crippen molar-refractivity contribution in [3.05, 3.63) is 59.9 Å². The Labute approximate surface area is 163 Å². The lowest BCUT2D eigenvalue weighted by Crippen LogP contribution is -2.51. The van der Waals surface area contributed by atoms with E-state index >= 15 is 0 Å². The minimum absolute atomic E-state index is 0.0698. The molecule has 0 spiro atoms. The Morgan fingerprint density at radius 2 is 1.79 bits per heavy atom. The fourth-order valence-electron chi connectivity index (χ4n) is 3.05. The average Bonchev–Trinajstić information content (AvgIpc) is 2.67. The number of carbonyl (C=O) groups excluding carboxylic acids is 1. The van der Waals surface area contributed by atoms with Crippen LogP contribution in [0, 0.1) is 5.82 Å². The Morgan fingerprint density at radius 1 is 1.11 bits per heavy atom. The SMILES string of the molecule is COc1ccccc1NC(=O)CN1CCCN(Cc2ccccc2F)S1(=O)=O. The number of nitrogens with zero attached hydrogens (tertiary/aromatic N) is 2. The predicted molar refractivity (Wildman–Crippen MR) is 104 cm³/mol. The molecule has 0 unspecified atom stereocenters. The van der Waals surface area contributed by atoms with E-state index < -0.39 is 21.9 Å². The second-order valence-corrected chi connectivity index (χ2v) is 8.30. The summed E-state index contributed by atoms with van der Waals surface area (Å²) in [6, 6.07) is 12.9. The Bertz CT molecular complexity index is 952. The van der Waals surface area contributed by atoms with Gasteiger partial charge >= 0.3 is 0 Å². The van der Waals surface area contributed by atoms with Crippen LogP contribution in [-0.4, -0.2) is 49.7 Å². The molecule has 1 amide bonds. The number of nitrogens with one attached hydrogen (secondary N) is 1. The number of ether oxygens (including phenoxy) is 1. The molecule has 0 bridgehead atoms. The lowest BCUT2D eigenvalue weighted by atomic mass is 10.2. The van der Waals surface area contributed by atoms with Gasteiger partial charge in [-0.05, 0) is 24.6 Å². The molecule has 2 aromatic carbocycles. The molecule has 0 atom stereocenters. The van der Waals surface area contributed by atoms with E-state index in [1.54, 1.807) is 42.5 Å². The molecule has 2 aromatic rings. The molecular weight excluding hydrogens is 385 g/mol. The molecule has 1 heterocycles. The zero-order valence-corrected chi connectivity index (χ0v) is 16.3. The topological polar surface area (TPSA) is 79.0 Å². The summed E-state index contributed by atoms with van der Waals surface area (Å²) < 4.78 is 47.1. The van der Waals surface area contributed by atoms with Crippen LogP contribution in [0.5, 0.6) is 5.75 Å². The molecule has 1 N–H and O–H groups in total. The third-order valence-corrected chi connectivity index (χ3v) is 6.40. The lowest BCUT2D eigenvalue weighted by Gasteiger charge is -2.34. The molecule has 1 saturated heterocycles. The van der Waals surface area contributed by atoms with E-state index in [9.17, 15) is 17.6 Å². The van der Waals surface area contributed by atoms with E-state index in [2.05, 4.69) is 5.32 Å². The van der Waals surface area contributed by atoms with Crippen LogP contribution in [0.2, 0.25) is 0 Å². The summed E-state index contributed by atoms with van der Waals surface area (Å²) in [5.74, 6) is -0.442. The van der Waals surface area contributed by atoms with Gasteiger partial charge in [0, 0.05) is 25.2 Å². The summed E-state index contributed by atoms with van der Waals surface area (Å²) in [7, 11) is -2.39. The molecule has 1 aliphatic heterocycles. The van der Waals surface area contributed by atoms with E-state index in [0.717, 1.165) is 4.31 Å². The number of para-hydroxylation sites is 2. The molecule has 9 heteroatoms. The zero-order valence-electron chi connectivity index (χ0n) is 15.5. The molecule has 0 radical (unpaired) electrons. The fraction of sp³-hybridized carbons (Fsp3) is 0.316. The Hall–Kier alpha value is -2.49. The van der Waals surface area contributed by atoms with Crippen LogP contribution < -0.4 is 10.1 Å². The molecule has 0 aliphatic carbocycles. The normalized spacial score (nSPS) is 17.2. The van der Waals surface area contributed by atoms with Gasteiger partial charge in [0.2, 0.25) is 5.91 Å². The van der Waals surface area contributed by atoms with Gasteiger partial charge in [-0.3, -0.25) is 4.79 Å². The fourth-order valence-corrected chi connectivity index (χ4v) is 4.68. The van der Waals surface area contributed by atoms with Crippen molar-refractivity contribution in [1.29, 1.82) is 0 Å². The minimum Gasteiger partial charge on any atom is -0.495 e. The van der Waals surface area contributed by atoms with Crippen LogP contribution in [0.4, 0.5) is 10.1 Å². The maximum absolute atomic E-state index is 13.9. The van der Waals surface area contributed by atoms with Gasteiger partial charge in [0.05, 0.1) is 19.3 Å². The molecule has 150 valence electrons. The number of hydrogen-bond acceptors (Lipinski definition) is 4. The maximum Gasteiger partial charge on any atom is 0.282 e. The first-order chi connectivity index (χ1) is 13.4. The van der Waals surface area contributed by atoms with Crippen molar-refractivity contribution < 1.29 is 22.3 Å². The molecule has 0 saturated carbocycles. The molecule has 3 rings (SSSR count). The standard InChI is InChI=1S/C19H22FN3O4S/c1-27-18-10-5-4-9-17(18)21-19(24)14-23-12-6-11-22(28(23,25)26)13-15-7-2-3-8-16(15)20/h2-5,7-10H,6,11-14H2,1H3,(H,21,24). The zero-order chi connectivity index (χ0) is 20.1. The first-order valence-electron chi connectivity index (χ1n) is 8.83. The summed E-state index contributed by atoms with van der Waals surface area (Å²) in [4.78, 5) is 12.4. The lowest BCUT2D eigenvalue weighted by molar-refractivity contribution is -0.116. The number of halogens is 1. The largest absolute Gasteiger partial charge is 0.495 e.